The highest BCUT2D eigenvalue weighted by atomic mass is 16.5. The SMILES string of the molecule is CCCOc1cncc(NC(CC)(CC)CN)n1. The van der Waals surface area contributed by atoms with E-state index >= 15 is 0 Å². The Balaban J connectivity index is 2.77. The van der Waals surface area contributed by atoms with Gasteiger partial charge in [0.15, 0.2) is 0 Å². The smallest absolute Gasteiger partial charge is 0.234 e. The van der Waals surface area contributed by atoms with Crippen molar-refractivity contribution in [2.45, 2.75) is 45.6 Å². The van der Waals surface area contributed by atoms with Gasteiger partial charge in [0.25, 0.3) is 0 Å². The lowest BCUT2D eigenvalue weighted by atomic mass is 9.93. The summed E-state index contributed by atoms with van der Waals surface area (Å²) in [6, 6.07) is 0. The maximum absolute atomic E-state index is 5.85. The van der Waals surface area contributed by atoms with Gasteiger partial charge in [0, 0.05) is 6.54 Å². The summed E-state index contributed by atoms with van der Waals surface area (Å²) in [5.41, 5.74) is 5.74. The number of nitrogens with zero attached hydrogens (tertiary/aromatic N) is 2. The van der Waals surface area contributed by atoms with E-state index in [0.717, 1.165) is 25.1 Å². The van der Waals surface area contributed by atoms with Gasteiger partial charge < -0.3 is 15.8 Å². The van der Waals surface area contributed by atoms with Crippen LogP contribution in [-0.2, 0) is 0 Å². The Hall–Kier alpha value is -1.36. The number of nitrogens with one attached hydrogen (secondary N) is 1. The predicted octanol–water partition coefficient (Wildman–Crippen LogP) is 2.19. The Morgan fingerprint density at radius 2 is 2.00 bits per heavy atom. The first kappa shape index (κ1) is 14.7. The fourth-order valence-corrected chi connectivity index (χ4v) is 1.72. The summed E-state index contributed by atoms with van der Waals surface area (Å²) in [6.45, 7) is 7.52. The highest BCUT2D eigenvalue weighted by Gasteiger charge is 2.24. The van der Waals surface area contributed by atoms with E-state index in [2.05, 4.69) is 36.1 Å². The van der Waals surface area contributed by atoms with Crippen LogP contribution in [-0.4, -0.2) is 28.7 Å². The molecule has 0 radical (unpaired) electrons. The fourth-order valence-electron chi connectivity index (χ4n) is 1.72. The second kappa shape index (κ2) is 7.16. The molecule has 0 amide bonds. The van der Waals surface area contributed by atoms with Crippen LogP contribution in [0.4, 0.5) is 5.82 Å². The zero-order valence-corrected chi connectivity index (χ0v) is 11.6. The zero-order chi connectivity index (χ0) is 13.4. The van der Waals surface area contributed by atoms with Gasteiger partial charge in [0.2, 0.25) is 5.88 Å². The average Bonchev–Trinajstić information content (AvgIpc) is 2.43. The third-order valence-electron chi connectivity index (χ3n) is 3.20. The van der Waals surface area contributed by atoms with Crippen molar-refractivity contribution in [2.75, 3.05) is 18.5 Å². The van der Waals surface area contributed by atoms with Gasteiger partial charge in [0.05, 0.1) is 24.5 Å². The molecule has 18 heavy (non-hydrogen) atoms. The monoisotopic (exact) mass is 252 g/mol. The molecule has 5 heteroatoms. The molecule has 0 unspecified atom stereocenters. The first-order valence-electron chi connectivity index (χ1n) is 6.62. The summed E-state index contributed by atoms with van der Waals surface area (Å²) in [4.78, 5) is 8.52. The molecule has 0 saturated carbocycles. The van der Waals surface area contributed by atoms with Crippen LogP contribution in [0.15, 0.2) is 12.4 Å². The molecule has 1 heterocycles. The van der Waals surface area contributed by atoms with Crippen LogP contribution >= 0.6 is 0 Å². The molecule has 0 spiro atoms. The molecule has 0 fully saturated rings. The van der Waals surface area contributed by atoms with E-state index in [4.69, 9.17) is 10.5 Å². The van der Waals surface area contributed by atoms with Crippen molar-refractivity contribution >= 4 is 5.82 Å². The first-order valence-corrected chi connectivity index (χ1v) is 6.62. The van der Waals surface area contributed by atoms with Crippen LogP contribution < -0.4 is 15.8 Å². The third-order valence-corrected chi connectivity index (χ3v) is 3.20. The van der Waals surface area contributed by atoms with Gasteiger partial charge in [-0.2, -0.15) is 4.98 Å². The minimum atomic E-state index is -0.113. The summed E-state index contributed by atoms with van der Waals surface area (Å²) in [5.74, 6) is 1.28. The van der Waals surface area contributed by atoms with Crippen molar-refractivity contribution in [1.29, 1.82) is 0 Å². The zero-order valence-electron chi connectivity index (χ0n) is 11.6. The molecule has 0 aliphatic rings. The Morgan fingerprint density at radius 3 is 2.56 bits per heavy atom. The fraction of sp³-hybridized carbons (Fsp3) is 0.692. The Kier molecular flexibility index (Phi) is 5.85. The minimum Gasteiger partial charge on any atom is -0.477 e. The third kappa shape index (κ3) is 3.84. The average molecular weight is 252 g/mol. The van der Waals surface area contributed by atoms with Gasteiger partial charge in [-0.1, -0.05) is 20.8 Å². The van der Waals surface area contributed by atoms with Gasteiger partial charge in [-0.05, 0) is 19.3 Å². The van der Waals surface area contributed by atoms with Crippen molar-refractivity contribution in [1.82, 2.24) is 9.97 Å². The second-order valence-corrected chi connectivity index (χ2v) is 4.41. The van der Waals surface area contributed by atoms with E-state index in [1.807, 2.05) is 0 Å². The quantitative estimate of drug-likeness (QED) is 0.742. The van der Waals surface area contributed by atoms with E-state index in [1.54, 1.807) is 12.4 Å². The molecule has 0 bridgehead atoms. The first-order chi connectivity index (χ1) is 8.69. The summed E-state index contributed by atoms with van der Waals surface area (Å²) in [7, 11) is 0. The van der Waals surface area contributed by atoms with E-state index in [0.29, 0.717) is 19.0 Å². The van der Waals surface area contributed by atoms with Crippen molar-refractivity contribution in [3.8, 4) is 5.88 Å². The summed E-state index contributed by atoms with van der Waals surface area (Å²) in [6.07, 6.45) is 6.18. The lowest BCUT2D eigenvalue weighted by Gasteiger charge is -2.31. The van der Waals surface area contributed by atoms with Crippen molar-refractivity contribution in [3.05, 3.63) is 12.4 Å². The lowest BCUT2D eigenvalue weighted by Crippen LogP contribution is -2.44. The van der Waals surface area contributed by atoms with Gasteiger partial charge in [-0.3, -0.25) is 4.98 Å². The van der Waals surface area contributed by atoms with Crippen molar-refractivity contribution in [2.24, 2.45) is 5.73 Å². The number of hydrogen-bond donors (Lipinski definition) is 2. The molecule has 1 aromatic heterocycles. The molecule has 1 aromatic rings. The van der Waals surface area contributed by atoms with Gasteiger partial charge in [-0.15, -0.1) is 0 Å². The lowest BCUT2D eigenvalue weighted by molar-refractivity contribution is 0.304. The van der Waals surface area contributed by atoms with E-state index in [9.17, 15) is 0 Å². The van der Waals surface area contributed by atoms with Crippen LogP contribution in [0, 0.1) is 0 Å². The van der Waals surface area contributed by atoms with Gasteiger partial charge in [-0.25, -0.2) is 0 Å². The Morgan fingerprint density at radius 1 is 1.28 bits per heavy atom. The molecular weight excluding hydrogens is 228 g/mol. The van der Waals surface area contributed by atoms with Crippen LogP contribution in [0.3, 0.4) is 0 Å². The minimum absolute atomic E-state index is 0.113. The maximum atomic E-state index is 5.85. The standard InChI is InChI=1S/C13H24N4O/c1-4-7-18-12-9-15-8-11(16-12)17-13(5-2,6-3)10-14/h8-9H,4-7,10,14H2,1-3H3,(H,16,17). The van der Waals surface area contributed by atoms with Gasteiger partial charge in [0.1, 0.15) is 5.82 Å². The summed E-state index contributed by atoms with van der Waals surface area (Å²) in [5, 5.41) is 3.38. The Bertz CT molecular complexity index is 344. The molecule has 0 aromatic carbocycles. The maximum Gasteiger partial charge on any atom is 0.234 e. The molecule has 0 atom stereocenters. The summed E-state index contributed by atoms with van der Waals surface area (Å²) >= 11 is 0. The molecule has 0 saturated heterocycles. The molecule has 5 nitrogen and oxygen atoms in total. The molecule has 0 aliphatic heterocycles. The van der Waals surface area contributed by atoms with E-state index < -0.39 is 0 Å². The van der Waals surface area contributed by atoms with Crippen molar-refractivity contribution in [3.63, 3.8) is 0 Å². The predicted molar refractivity (Wildman–Crippen MR) is 73.8 cm³/mol. The number of aromatic nitrogens is 2. The normalized spacial score (nSPS) is 11.3. The largest absolute Gasteiger partial charge is 0.477 e. The van der Waals surface area contributed by atoms with Crippen LogP contribution in [0.25, 0.3) is 0 Å². The number of anilines is 1. The number of ether oxygens (including phenoxy) is 1. The van der Waals surface area contributed by atoms with Crippen LogP contribution in [0.5, 0.6) is 5.88 Å². The second-order valence-electron chi connectivity index (χ2n) is 4.41. The summed E-state index contributed by atoms with van der Waals surface area (Å²) < 4.78 is 5.47. The Labute approximate surface area is 109 Å². The molecule has 1 rings (SSSR count). The van der Waals surface area contributed by atoms with E-state index in [-0.39, 0.29) is 5.54 Å². The highest BCUT2D eigenvalue weighted by Crippen LogP contribution is 2.20. The molecule has 0 aliphatic carbocycles. The molecular formula is C13H24N4O. The molecule has 3 N–H and O–H groups in total. The van der Waals surface area contributed by atoms with Crippen LogP contribution in [0.1, 0.15) is 40.0 Å². The number of nitrogens with two attached hydrogens (primary N) is 1. The number of rotatable bonds is 8. The molecule has 102 valence electrons. The topological polar surface area (TPSA) is 73.1 Å². The van der Waals surface area contributed by atoms with Gasteiger partial charge >= 0.3 is 0 Å². The highest BCUT2D eigenvalue weighted by molar-refractivity contribution is 5.37. The van der Waals surface area contributed by atoms with E-state index in [1.165, 1.54) is 0 Å². The van der Waals surface area contributed by atoms with Crippen LogP contribution in [0.2, 0.25) is 0 Å². The number of hydrogen-bond acceptors (Lipinski definition) is 5. The van der Waals surface area contributed by atoms with Crippen molar-refractivity contribution < 1.29 is 4.74 Å².